The number of aryl methyl sites for hydroxylation is 1. The number of hydrogen-bond donors (Lipinski definition) is 0. The third-order valence-corrected chi connectivity index (χ3v) is 3.68. The van der Waals surface area contributed by atoms with Gasteiger partial charge in [-0.25, -0.2) is 0 Å². The standard InChI is InChI=1S/C15H19N3/c1-11(2)18-7-6-12-4-5-13(8-15(12)18)14-9-16-17(3)10-14/h4-5,8-11H,6-7H2,1-3H3. The minimum atomic E-state index is 0.565. The molecule has 3 rings (SSSR count). The second-order valence-electron chi connectivity index (χ2n) is 5.28. The van der Waals surface area contributed by atoms with Crippen LogP contribution < -0.4 is 4.90 Å². The molecule has 1 aliphatic rings. The lowest BCUT2D eigenvalue weighted by Gasteiger charge is -2.24. The van der Waals surface area contributed by atoms with E-state index in [4.69, 9.17) is 0 Å². The Hall–Kier alpha value is -1.77. The number of benzene rings is 1. The lowest BCUT2D eigenvalue weighted by Crippen LogP contribution is -2.28. The maximum Gasteiger partial charge on any atom is 0.0568 e. The van der Waals surface area contributed by atoms with Gasteiger partial charge in [0.2, 0.25) is 0 Å². The summed E-state index contributed by atoms with van der Waals surface area (Å²) in [7, 11) is 1.96. The van der Waals surface area contributed by atoms with Crippen LogP contribution in [0.15, 0.2) is 30.6 Å². The topological polar surface area (TPSA) is 21.1 Å². The number of hydrogen-bond acceptors (Lipinski definition) is 2. The summed E-state index contributed by atoms with van der Waals surface area (Å²) in [6, 6.07) is 7.34. The van der Waals surface area contributed by atoms with E-state index in [1.54, 1.807) is 0 Å². The maximum atomic E-state index is 4.24. The van der Waals surface area contributed by atoms with Crippen molar-refractivity contribution in [1.82, 2.24) is 9.78 Å². The van der Waals surface area contributed by atoms with Crippen LogP contribution in [-0.4, -0.2) is 22.4 Å². The Bertz CT molecular complexity index is 569. The molecular formula is C15H19N3. The SMILES string of the molecule is CC(C)N1CCc2ccc(-c3cnn(C)c3)cc21. The van der Waals surface area contributed by atoms with Crippen molar-refractivity contribution in [3.63, 3.8) is 0 Å². The number of fused-ring (bicyclic) bond motifs is 1. The third kappa shape index (κ3) is 1.80. The summed E-state index contributed by atoms with van der Waals surface area (Å²) < 4.78 is 1.85. The maximum absolute atomic E-state index is 4.24. The number of aromatic nitrogens is 2. The van der Waals surface area contributed by atoms with E-state index in [9.17, 15) is 0 Å². The van der Waals surface area contributed by atoms with Gasteiger partial charge >= 0.3 is 0 Å². The van der Waals surface area contributed by atoms with Crippen LogP contribution in [0.5, 0.6) is 0 Å². The molecule has 1 aliphatic heterocycles. The van der Waals surface area contributed by atoms with Crippen molar-refractivity contribution in [2.45, 2.75) is 26.3 Å². The molecule has 0 N–H and O–H groups in total. The molecule has 0 radical (unpaired) electrons. The smallest absolute Gasteiger partial charge is 0.0568 e. The second-order valence-corrected chi connectivity index (χ2v) is 5.28. The second kappa shape index (κ2) is 4.16. The van der Waals surface area contributed by atoms with Gasteiger partial charge in [-0.1, -0.05) is 12.1 Å². The van der Waals surface area contributed by atoms with E-state index in [0.717, 1.165) is 6.54 Å². The Morgan fingerprint density at radius 3 is 2.72 bits per heavy atom. The van der Waals surface area contributed by atoms with Gasteiger partial charge in [0.1, 0.15) is 0 Å². The largest absolute Gasteiger partial charge is 0.369 e. The van der Waals surface area contributed by atoms with Crippen molar-refractivity contribution in [2.24, 2.45) is 7.05 Å². The highest BCUT2D eigenvalue weighted by atomic mass is 15.2. The summed E-state index contributed by atoms with van der Waals surface area (Å²) in [6.07, 6.45) is 5.16. The summed E-state index contributed by atoms with van der Waals surface area (Å²) in [4.78, 5) is 2.48. The molecular weight excluding hydrogens is 222 g/mol. The van der Waals surface area contributed by atoms with Crippen LogP contribution in [0.2, 0.25) is 0 Å². The monoisotopic (exact) mass is 241 g/mol. The molecule has 1 aromatic carbocycles. The van der Waals surface area contributed by atoms with Gasteiger partial charge in [-0.2, -0.15) is 5.10 Å². The molecule has 0 unspecified atom stereocenters. The van der Waals surface area contributed by atoms with Crippen LogP contribution in [0.4, 0.5) is 5.69 Å². The van der Waals surface area contributed by atoms with E-state index in [2.05, 4.69) is 48.2 Å². The Kier molecular flexibility index (Phi) is 2.62. The Morgan fingerprint density at radius 1 is 1.22 bits per heavy atom. The first-order valence-corrected chi connectivity index (χ1v) is 6.54. The predicted octanol–water partition coefficient (Wildman–Crippen LogP) is 2.86. The van der Waals surface area contributed by atoms with Crippen molar-refractivity contribution in [2.75, 3.05) is 11.4 Å². The summed E-state index contributed by atoms with van der Waals surface area (Å²) in [5.74, 6) is 0. The van der Waals surface area contributed by atoms with Crippen LogP contribution in [0.3, 0.4) is 0 Å². The summed E-state index contributed by atoms with van der Waals surface area (Å²) >= 11 is 0. The van der Waals surface area contributed by atoms with Gasteiger partial charge in [0.25, 0.3) is 0 Å². The van der Waals surface area contributed by atoms with E-state index in [0.29, 0.717) is 6.04 Å². The van der Waals surface area contributed by atoms with Crippen LogP contribution >= 0.6 is 0 Å². The average molecular weight is 241 g/mol. The molecule has 2 aromatic rings. The summed E-state index contributed by atoms with van der Waals surface area (Å²) in [5, 5.41) is 4.24. The molecule has 94 valence electrons. The normalized spacial score (nSPS) is 14.3. The number of nitrogens with zero attached hydrogens (tertiary/aromatic N) is 3. The number of anilines is 1. The molecule has 1 aromatic heterocycles. The van der Waals surface area contributed by atoms with Gasteiger partial charge in [-0.15, -0.1) is 0 Å². The zero-order valence-electron chi connectivity index (χ0n) is 11.2. The van der Waals surface area contributed by atoms with Crippen molar-refractivity contribution in [3.8, 4) is 11.1 Å². The summed E-state index contributed by atoms with van der Waals surface area (Å²) in [5.41, 5.74) is 5.31. The minimum absolute atomic E-state index is 0.565. The van der Waals surface area contributed by atoms with Crippen LogP contribution in [0.25, 0.3) is 11.1 Å². The molecule has 3 heteroatoms. The Labute approximate surface area is 108 Å². The van der Waals surface area contributed by atoms with E-state index < -0.39 is 0 Å². The highest BCUT2D eigenvalue weighted by molar-refractivity contribution is 5.71. The van der Waals surface area contributed by atoms with Crippen molar-refractivity contribution >= 4 is 5.69 Å². The molecule has 0 atom stereocenters. The van der Waals surface area contributed by atoms with Gasteiger partial charge in [-0.05, 0) is 37.5 Å². The fourth-order valence-electron chi connectivity index (χ4n) is 2.69. The molecule has 18 heavy (non-hydrogen) atoms. The third-order valence-electron chi connectivity index (χ3n) is 3.68. The molecule has 0 fully saturated rings. The fraction of sp³-hybridized carbons (Fsp3) is 0.400. The van der Waals surface area contributed by atoms with Crippen LogP contribution in [0, 0.1) is 0 Å². The van der Waals surface area contributed by atoms with Gasteiger partial charge in [-0.3, -0.25) is 4.68 Å². The molecule has 0 bridgehead atoms. The quantitative estimate of drug-likeness (QED) is 0.806. The average Bonchev–Trinajstić information content (AvgIpc) is 2.93. The summed E-state index contributed by atoms with van der Waals surface area (Å²) in [6.45, 7) is 5.65. The van der Waals surface area contributed by atoms with Gasteiger partial charge in [0, 0.05) is 37.1 Å². The van der Waals surface area contributed by atoms with Crippen molar-refractivity contribution in [1.29, 1.82) is 0 Å². The minimum Gasteiger partial charge on any atom is -0.369 e. The molecule has 0 spiro atoms. The van der Waals surface area contributed by atoms with Crippen molar-refractivity contribution < 1.29 is 0 Å². The first-order chi connectivity index (χ1) is 8.65. The number of rotatable bonds is 2. The lowest BCUT2D eigenvalue weighted by atomic mass is 10.0. The zero-order chi connectivity index (χ0) is 12.7. The van der Waals surface area contributed by atoms with E-state index in [-0.39, 0.29) is 0 Å². The molecule has 0 saturated heterocycles. The lowest BCUT2D eigenvalue weighted by molar-refractivity contribution is 0.710. The molecule has 3 nitrogen and oxygen atoms in total. The van der Waals surface area contributed by atoms with Gasteiger partial charge in [0.15, 0.2) is 0 Å². The zero-order valence-corrected chi connectivity index (χ0v) is 11.2. The highest BCUT2D eigenvalue weighted by Crippen LogP contribution is 2.33. The fourth-order valence-corrected chi connectivity index (χ4v) is 2.69. The van der Waals surface area contributed by atoms with E-state index in [1.807, 2.05) is 17.9 Å². The van der Waals surface area contributed by atoms with E-state index in [1.165, 1.54) is 28.8 Å². The van der Waals surface area contributed by atoms with Crippen LogP contribution in [-0.2, 0) is 13.5 Å². The Morgan fingerprint density at radius 2 is 2.06 bits per heavy atom. The first kappa shape index (κ1) is 11.3. The van der Waals surface area contributed by atoms with Crippen LogP contribution in [0.1, 0.15) is 19.4 Å². The molecule has 0 aliphatic carbocycles. The van der Waals surface area contributed by atoms with Crippen molar-refractivity contribution in [3.05, 3.63) is 36.2 Å². The van der Waals surface area contributed by atoms with E-state index >= 15 is 0 Å². The molecule has 0 saturated carbocycles. The highest BCUT2D eigenvalue weighted by Gasteiger charge is 2.21. The molecule has 0 amide bonds. The first-order valence-electron chi connectivity index (χ1n) is 6.54. The predicted molar refractivity (Wildman–Crippen MR) is 74.8 cm³/mol. The van der Waals surface area contributed by atoms with Gasteiger partial charge < -0.3 is 4.90 Å². The molecule has 2 heterocycles. The Balaban J connectivity index is 2.03. The van der Waals surface area contributed by atoms with Gasteiger partial charge in [0.05, 0.1) is 6.20 Å².